The number of pyridine rings is 1. The normalized spacial score (nSPS) is 21.1. The van der Waals surface area contributed by atoms with E-state index >= 15 is 0 Å². The molecule has 4 heteroatoms. The van der Waals surface area contributed by atoms with Crippen molar-refractivity contribution in [2.45, 2.75) is 32.7 Å². The summed E-state index contributed by atoms with van der Waals surface area (Å²) in [5.74, 6) is 0.0380. The Kier molecular flexibility index (Phi) is 3.64. The first-order chi connectivity index (χ1) is 10.1. The molecule has 1 aliphatic heterocycles. The molecule has 110 valence electrons. The molecule has 0 saturated carbocycles. The van der Waals surface area contributed by atoms with Gasteiger partial charge in [0.1, 0.15) is 0 Å². The zero-order valence-corrected chi connectivity index (χ0v) is 12.5. The highest BCUT2D eigenvalue weighted by atomic mass is 16.2. The van der Waals surface area contributed by atoms with Crippen LogP contribution in [0.1, 0.15) is 26.7 Å². The lowest BCUT2D eigenvalue weighted by Gasteiger charge is -2.38. The van der Waals surface area contributed by atoms with Gasteiger partial charge in [0.15, 0.2) is 0 Å². The van der Waals surface area contributed by atoms with E-state index in [2.05, 4.69) is 29.5 Å². The molecule has 0 aliphatic carbocycles. The number of nitrogens with one attached hydrogen (secondary N) is 2. The largest absolute Gasteiger partial charge is 0.324 e. The van der Waals surface area contributed by atoms with Crippen molar-refractivity contribution in [3.05, 3.63) is 36.5 Å². The fraction of sp³-hybridized carbons (Fsp3) is 0.412. The fourth-order valence-corrected chi connectivity index (χ4v) is 3.08. The molecule has 2 aromatic rings. The van der Waals surface area contributed by atoms with Crippen LogP contribution < -0.4 is 10.6 Å². The summed E-state index contributed by atoms with van der Waals surface area (Å²) in [6.45, 7) is 5.20. The zero-order chi connectivity index (χ0) is 14.9. The molecule has 21 heavy (non-hydrogen) atoms. The maximum Gasteiger partial charge on any atom is 0.242 e. The van der Waals surface area contributed by atoms with Gasteiger partial charge in [-0.15, -0.1) is 0 Å². The Labute approximate surface area is 125 Å². The van der Waals surface area contributed by atoms with Crippen molar-refractivity contribution in [2.24, 2.45) is 5.41 Å². The number of piperidine rings is 1. The minimum atomic E-state index is -0.154. The van der Waals surface area contributed by atoms with Gasteiger partial charge >= 0.3 is 0 Å². The minimum Gasteiger partial charge on any atom is -0.324 e. The summed E-state index contributed by atoms with van der Waals surface area (Å²) >= 11 is 0. The van der Waals surface area contributed by atoms with E-state index in [0.29, 0.717) is 0 Å². The predicted octanol–water partition coefficient (Wildman–Crippen LogP) is 2.95. The second-order valence-corrected chi connectivity index (χ2v) is 6.34. The van der Waals surface area contributed by atoms with E-state index in [-0.39, 0.29) is 17.4 Å². The van der Waals surface area contributed by atoms with E-state index in [1.165, 1.54) is 0 Å². The van der Waals surface area contributed by atoms with Gasteiger partial charge < -0.3 is 10.6 Å². The van der Waals surface area contributed by atoms with Crippen LogP contribution in [0.25, 0.3) is 10.9 Å². The van der Waals surface area contributed by atoms with Crippen molar-refractivity contribution < 1.29 is 4.79 Å². The van der Waals surface area contributed by atoms with Crippen LogP contribution in [0.15, 0.2) is 36.5 Å². The first-order valence-corrected chi connectivity index (χ1v) is 7.46. The third kappa shape index (κ3) is 2.76. The highest BCUT2D eigenvalue weighted by molar-refractivity contribution is 6.03. The molecule has 1 saturated heterocycles. The van der Waals surface area contributed by atoms with Gasteiger partial charge in [0, 0.05) is 11.6 Å². The van der Waals surface area contributed by atoms with E-state index in [1.807, 2.05) is 30.3 Å². The van der Waals surface area contributed by atoms with Crippen LogP contribution in [0.4, 0.5) is 5.69 Å². The van der Waals surface area contributed by atoms with Gasteiger partial charge in [-0.25, -0.2) is 0 Å². The van der Waals surface area contributed by atoms with E-state index in [4.69, 9.17) is 0 Å². The number of amides is 1. The van der Waals surface area contributed by atoms with Crippen LogP contribution in [0.5, 0.6) is 0 Å². The van der Waals surface area contributed by atoms with Crippen LogP contribution in [-0.2, 0) is 4.79 Å². The van der Waals surface area contributed by atoms with Crippen molar-refractivity contribution >= 4 is 22.5 Å². The summed E-state index contributed by atoms with van der Waals surface area (Å²) in [7, 11) is 0. The lowest BCUT2D eigenvalue weighted by molar-refractivity contribution is -0.121. The molecular weight excluding hydrogens is 262 g/mol. The summed E-state index contributed by atoms with van der Waals surface area (Å²) in [6.07, 6.45) is 3.95. The van der Waals surface area contributed by atoms with E-state index in [0.717, 1.165) is 36.0 Å². The highest BCUT2D eigenvalue weighted by Crippen LogP contribution is 2.31. The van der Waals surface area contributed by atoms with Crippen LogP contribution in [0.3, 0.4) is 0 Å². The van der Waals surface area contributed by atoms with Crippen LogP contribution in [0, 0.1) is 5.41 Å². The fourth-order valence-electron chi connectivity index (χ4n) is 3.08. The first-order valence-electron chi connectivity index (χ1n) is 7.46. The topological polar surface area (TPSA) is 54.0 Å². The molecule has 0 radical (unpaired) electrons. The Morgan fingerprint density at radius 2 is 2.19 bits per heavy atom. The highest BCUT2D eigenvalue weighted by Gasteiger charge is 2.37. The molecule has 2 heterocycles. The molecule has 0 bridgehead atoms. The molecular formula is C17H21N3O. The molecule has 1 aromatic heterocycles. The van der Waals surface area contributed by atoms with Gasteiger partial charge in [0.05, 0.1) is 17.2 Å². The summed E-state index contributed by atoms with van der Waals surface area (Å²) in [6, 6.07) is 9.52. The van der Waals surface area contributed by atoms with Gasteiger partial charge in [-0.2, -0.15) is 0 Å². The Morgan fingerprint density at radius 1 is 1.33 bits per heavy atom. The summed E-state index contributed by atoms with van der Waals surface area (Å²) in [5, 5.41) is 7.39. The monoisotopic (exact) mass is 283 g/mol. The molecule has 0 spiro atoms. The third-order valence-electron chi connectivity index (χ3n) is 4.29. The molecule has 3 rings (SSSR count). The molecule has 1 amide bonds. The number of hydrogen-bond donors (Lipinski definition) is 2. The maximum absolute atomic E-state index is 12.6. The average Bonchev–Trinajstić information content (AvgIpc) is 2.47. The molecule has 1 atom stereocenters. The molecule has 4 nitrogen and oxygen atoms in total. The second kappa shape index (κ2) is 5.45. The number of carbonyl (C=O) groups is 1. The standard InChI is InChI=1S/C17H21N3O/c1-17(2)9-5-11-19-15(17)16(21)20-14-8-3-7-13-12(14)6-4-10-18-13/h3-4,6-8,10,15,19H,5,9,11H2,1-2H3,(H,20,21). The van der Waals surface area contributed by atoms with Crippen molar-refractivity contribution in [1.82, 2.24) is 10.3 Å². The summed E-state index contributed by atoms with van der Waals surface area (Å²) in [4.78, 5) is 17.0. The van der Waals surface area contributed by atoms with E-state index < -0.39 is 0 Å². The molecule has 1 fully saturated rings. The lowest BCUT2D eigenvalue weighted by Crippen LogP contribution is -2.53. The smallest absolute Gasteiger partial charge is 0.242 e. The minimum absolute atomic E-state index is 0.0227. The number of anilines is 1. The number of hydrogen-bond acceptors (Lipinski definition) is 3. The number of nitrogens with zero attached hydrogens (tertiary/aromatic N) is 1. The van der Waals surface area contributed by atoms with Crippen molar-refractivity contribution in [3.63, 3.8) is 0 Å². The van der Waals surface area contributed by atoms with E-state index in [1.54, 1.807) is 6.20 Å². The summed E-state index contributed by atoms with van der Waals surface area (Å²) in [5.41, 5.74) is 1.70. The molecule has 1 aliphatic rings. The molecule has 2 N–H and O–H groups in total. The third-order valence-corrected chi connectivity index (χ3v) is 4.29. The molecule has 1 unspecified atom stereocenters. The lowest BCUT2D eigenvalue weighted by atomic mass is 9.77. The Balaban J connectivity index is 1.86. The second-order valence-electron chi connectivity index (χ2n) is 6.34. The van der Waals surface area contributed by atoms with Crippen molar-refractivity contribution in [3.8, 4) is 0 Å². The maximum atomic E-state index is 12.6. The van der Waals surface area contributed by atoms with Gasteiger partial charge in [-0.1, -0.05) is 19.9 Å². The van der Waals surface area contributed by atoms with Crippen LogP contribution in [0.2, 0.25) is 0 Å². The summed E-state index contributed by atoms with van der Waals surface area (Å²) < 4.78 is 0. The van der Waals surface area contributed by atoms with Crippen molar-refractivity contribution in [1.29, 1.82) is 0 Å². The van der Waals surface area contributed by atoms with Gasteiger partial charge in [-0.05, 0) is 49.1 Å². The number of rotatable bonds is 2. The van der Waals surface area contributed by atoms with Crippen LogP contribution in [-0.4, -0.2) is 23.5 Å². The Hall–Kier alpha value is -1.94. The van der Waals surface area contributed by atoms with E-state index in [9.17, 15) is 4.79 Å². The average molecular weight is 283 g/mol. The first kappa shape index (κ1) is 14.0. The Bertz CT molecular complexity index is 661. The number of benzene rings is 1. The van der Waals surface area contributed by atoms with Gasteiger partial charge in [0.25, 0.3) is 0 Å². The predicted molar refractivity (Wildman–Crippen MR) is 85.2 cm³/mol. The van der Waals surface area contributed by atoms with Gasteiger partial charge in [0.2, 0.25) is 5.91 Å². The quantitative estimate of drug-likeness (QED) is 0.891. The van der Waals surface area contributed by atoms with Crippen molar-refractivity contribution in [2.75, 3.05) is 11.9 Å². The number of aromatic nitrogens is 1. The SMILES string of the molecule is CC1(C)CCCNC1C(=O)Nc1cccc2ncccc12. The number of carbonyl (C=O) groups excluding carboxylic acids is 1. The Morgan fingerprint density at radius 3 is 3.00 bits per heavy atom. The van der Waals surface area contributed by atoms with Crippen LogP contribution >= 0.6 is 0 Å². The number of fused-ring (bicyclic) bond motifs is 1. The zero-order valence-electron chi connectivity index (χ0n) is 12.5. The molecule has 1 aromatic carbocycles. The van der Waals surface area contributed by atoms with Gasteiger partial charge in [-0.3, -0.25) is 9.78 Å².